The molecule has 0 unspecified atom stereocenters. The smallest absolute Gasteiger partial charge is 0.270 e. The van der Waals surface area contributed by atoms with Crippen molar-refractivity contribution in [2.75, 3.05) is 31.5 Å². The molecule has 3 aromatic rings. The normalized spacial score (nSPS) is 16.8. The van der Waals surface area contributed by atoms with Crippen LogP contribution in [0.1, 0.15) is 73.5 Å². The van der Waals surface area contributed by atoms with Crippen LogP contribution in [0, 0.1) is 5.92 Å². The van der Waals surface area contributed by atoms with Crippen LogP contribution in [0.4, 0.5) is 5.69 Å². The van der Waals surface area contributed by atoms with E-state index >= 15 is 0 Å². The lowest BCUT2D eigenvalue weighted by Crippen LogP contribution is -2.54. The van der Waals surface area contributed by atoms with E-state index in [4.69, 9.17) is 0 Å². The number of carbonyl (C=O) groups excluding carboxylic acids is 4. The quantitative estimate of drug-likeness (QED) is 0.217. The molecule has 0 spiro atoms. The fourth-order valence-electron chi connectivity index (χ4n) is 6.78. The van der Waals surface area contributed by atoms with E-state index in [0.717, 1.165) is 43.2 Å². The number of nitrogens with one attached hydrogen (secondary N) is 3. The fraction of sp³-hybridized carbons (Fsp3) is 0.486. The molecule has 2 heterocycles. The molecule has 2 atom stereocenters. The van der Waals surface area contributed by atoms with Gasteiger partial charge >= 0.3 is 0 Å². The molecular weight excluding hydrogens is 622 g/mol. The molecule has 2 aliphatic rings. The van der Waals surface area contributed by atoms with Crippen molar-refractivity contribution in [2.45, 2.75) is 76.9 Å². The van der Waals surface area contributed by atoms with Gasteiger partial charge in [0.05, 0.1) is 0 Å². The van der Waals surface area contributed by atoms with Gasteiger partial charge < -0.3 is 26.0 Å². The molecule has 1 saturated carbocycles. The molecule has 4 N–H and O–H groups in total. The number of anilines is 1. The topological polar surface area (TPSA) is 149 Å². The minimum atomic E-state index is -0.662. The van der Waals surface area contributed by atoms with Gasteiger partial charge in [-0.2, -0.15) is 5.10 Å². The first-order valence-electron chi connectivity index (χ1n) is 17.5. The molecule has 2 fully saturated rings. The second-order valence-corrected chi connectivity index (χ2v) is 13.2. The Hall–Kier alpha value is -4.71. The molecule has 1 aliphatic carbocycles. The number of hydrogen-bond donors (Lipinski definition) is 4. The van der Waals surface area contributed by atoms with Gasteiger partial charge in [-0.05, 0) is 73.1 Å². The monoisotopic (exact) mass is 671 g/mol. The average Bonchev–Trinajstić information content (AvgIpc) is 3.55. The van der Waals surface area contributed by atoms with Crippen molar-refractivity contribution in [1.82, 2.24) is 30.2 Å². The summed E-state index contributed by atoms with van der Waals surface area (Å²) in [4.78, 5) is 56.6. The van der Waals surface area contributed by atoms with Crippen LogP contribution in [0.25, 0.3) is 0 Å². The number of amides is 4. The first-order valence-corrected chi connectivity index (χ1v) is 17.5. The van der Waals surface area contributed by atoms with Gasteiger partial charge in [-0.15, -0.1) is 0 Å². The van der Waals surface area contributed by atoms with Gasteiger partial charge in [0, 0.05) is 58.1 Å². The van der Waals surface area contributed by atoms with E-state index in [0.29, 0.717) is 63.4 Å². The first-order chi connectivity index (χ1) is 23.7. The largest absolute Gasteiger partial charge is 0.508 e. The minimum Gasteiger partial charge on any atom is -0.508 e. The average molecular weight is 672 g/mol. The zero-order chi connectivity index (χ0) is 34.8. The fourth-order valence-corrected chi connectivity index (χ4v) is 6.78. The molecule has 1 saturated heterocycles. The molecule has 12 heteroatoms. The minimum absolute atomic E-state index is 0.0549. The van der Waals surface area contributed by atoms with Crippen molar-refractivity contribution in [2.24, 2.45) is 13.0 Å². The molecule has 4 amide bonds. The third-order valence-corrected chi connectivity index (χ3v) is 9.64. The van der Waals surface area contributed by atoms with Crippen molar-refractivity contribution >= 4 is 29.3 Å². The number of aromatic nitrogens is 2. The lowest BCUT2D eigenvalue weighted by molar-refractivity contribution is -0.138. The number of carbonyl (C=O) groups is 4. The Morgan fingerprint density at radius 2 is 1.65 bits per heavy atom. The molecule has 262 valence electrons. The molecule has 0 radical (unpaired) electrons. The highest BCUT2D eigenvalue weighted by atomic mass is 16.3. The molecular formula is C37H49N7O5. The molecule has 12 nitrogen and oxygen atoms in total. The van der Waals surface area contributed by atoms with Crippen LogP contribution in [-0.4, -0.2) is 86.6 Å². The Balaban J connectivity index is 1.16. The van der Waals surface area contributed by atoms with Crippen molar-refractivity contribution < 1.29 is 24.3 Å². The Labute approximate surface area is 288 Å². The van der Waals surface area contributed by atoms with Gasteiger partial charge in [0.25, 0.3) is 5.91 Å². The Bertz CT molecular complexity index is 1580. The zero-order valence-electron chi connectivity index (χ0n) is 28.6. The van der Waals surface area contributed by atoms with Gasteiger partial charge in [-0.1, -0.05) is 50.5 Å². The summed E-state index contributed by atoms with van der Waals surface area (Å²) in [6, 6.07) is 15.1. The number of aryl methyl sites for hydroxylation is 2. The number of rotatable bonds is 13. The van der Waals surface area contributed by atoms with Crippen LogP contribution in [0.5, 0.6) is 5.75 Å². The number of phenols is 1. The summed E-state index contributed by atoms with van der Waals surface area (Å²) < 4.78 is 1.50. The Morgan fingerprint density at radius 1 is 0.918 bits per heavy atom. The zero-order valence-corrected chi connectivity index (χ0v) is 28.6. The van der Waals surface area contributed by atoms with Gasteiger partial charge in [0.15, 0.2) is 0 Å². The number of nitrogens with zero attached hydrogens (tertiary/aromatic N) is 4. The summed E-state index contributed by atoms with van der Waals surface area (Å²) in [5, 5.41) is 22.8. The number of hydrogen-bond acceptors (Lipinski definition) is 7. The van der Waals surface area contributed by atoms with Crippen LogP contribution in [0.3, 0.4) is 0 Å². The number of phenolic OH excluding ortho intramolecular Hbond substituents is 1. The highest BCUT2D eigenvalue weighted by Crippen LogP contribution is 2.28. The SMILES string of the molecule is CCC(=O)N[C@H](CCc1ccc(NC(=O)[C@@H](NC(=O)c2ccnn2C)C2CCCCC2)cc1)C(=O)N1CCN(Cc2cccc(O)c2)CC1. The summed E-state index contributed by atoms with van der Waals surface area (Å²) in [6.45, 7) is 5.01. The van der Waals surface area contributed by atoms with Crippen LogP contribution < -0.4 is 16.0 Å². The van der Waals surface area contributed by atoms with E-state index in [1.54, 1.807) is 38.4 Å². The van der Waals surface area contributed by atoms with E-state index in [1.807, 2.05) is 41.3 Å². The van der Waals surface area contributed by atoms with Gasteiger partial charge in [-0.25, -0.2) is 0 Å². The van der Waals surface area contributed by atoms with E-state index in [1.165, 1.54) is 4.68 Å². The van der Waals surface area contributed by atoms with Gasteiger partial charge in [-0.3, -0.25) is 28.8 Å². The Morgan fingerprint density at radius 3 is 2.31 bits per heavy atom. The van der Waals surface area contributed by atoms with Crippen molar-refractivity contribution in [3.8, 4) is 5.75 Å². The summed E-state index contributed by atoms with van der Waals surface area (Å²) in [7, 11) is 1.70. The van der Waals surface area contributed by atoms with Crippen molar-refractivity contribution in [1.29, 1.82) is 0 Å². The van der Waals surface area contributed by atoms with Crippen LogP contribution in [0.15, 0.2) is 60.8 Å². The summed E-state index contributed by atoms with van der Waals surface area (Å²) in [5.41, 5.74) is 3.03. The summed E-state index contributed by atoms with van der Waals surface area (Å²) in [6.07, 6.45) is 7.82. The van der Waals surface area contributed by atoms with Crippen LogP contribution in [0.2, 0.25) is 0 Å². The van der Waals surface area contributed by atoms with E-state index in [2.05, 4.69) is 25.9 Å². The van der Waals surface area contributed by atoms with Crippen LogP contribution in [-0.2, 0) is 34.4 Å². The highest BCUT2D eigenvalue weighted by Gasteiger charge is 2.32. The van der Waals surface area contributed by atoms with Crippen molar-refractivity contribution in [3.05, 3.63) is 77.6 Å². The molecule has 0 bridgehead atoms. The third-order valence-electron chi connectivity index (χ3n) is 9.64. The standard InChI is InChI=1S/C37H49N7O5/c1-3-33(46)40-31(37(49)44-22-20-43(21-23-44)25-27-8-7-11-30(45)24-27)17-14-26-12-15-29(16-13-26)39-36(48)34(28-9-5-4-6-10-28)41-35(47)32-18-19-38-42(32)2/h7-8,11-13,15-16,18-19,24,28,31,34,45H,3-6,9-10,14,17,20-23,25H2,1-2H3,(H,39,48)(H,40,46)(H,41,47)/t31-,34+/m1/s1. The molecule has 5 rings (SSSR count). The van der Waals surface area contributed by atoms with E-state index in [-0.39, 0.29) is 35.3 Å². The molecule has 2 aromatic carbocycles. The lowest BCUT2D eigenvalue weighted by Gasteiger charge is -2.36. The number of benzene rings is 2. The van der Waals surface area contributed by atoms with E-state index < -0.39 is 12.1 Å². The maximum atomic E-state index is 13.6. The maximum absolute atomic E-state index is 13.6. The molecule has 1 aliphatic heterocycles. The Kier molecular flexibility index (Phi) is 12.4. The summed E-state index contributed by atoms with van der Waals surface area (Å²) >= 11 is 0. The molecule has 1 aromatic heterocycles. The predicted octanol–water partition coefficient (Wildman–Crippen LogP) is 3.61. The molecule has 49 heavy (non-hydrogen) atoms. The van der Waals surface area contributed by atoms with Gasteiger partial charge in [0.1, 0.15) is 23.5 Å². The van der Waals surface area contributed by atoms with E-state index in [9.17, 15) is 24.3 Å². The maximum Gasteiger partial charge on any atom is 0.270 e. The first kappa shape index (κ1) is 35.6. The highest BCUT2D eigenvalue weighted by molar-refractivity contribution is 6.00. The second-order valence-electron chi connectivity index (χ2n) is 13.2. The van der Waals surface area contributed by atoms with Crippen molar-refractivity contribution in [3.63, 3.8) is 0 Å². The predicted molar refractivity (Wildman–Crippen MR) is 187 cm³/mol. The number of piperazine rings is 1. The van der Waals surface area contributed by atoms with Crippen LogP contribution >= 0.6 is 0 Å². The second kappa shape index (κ2) is 17.1. The summed E-state index contributed by atoms with van der Waals surface area (Å²) in [5.74, 6) is -0.516. The third kappa shape index (κ3) is 9.91. The van der Waals surface area contributed by atoms with Gasteiger partial charge in [0.2, 0.25) is 17.7 Å². The lowest BCUT2D eigenvalue weighted by atomic mass is 9.83. The number of aromatic hydroxyl groups is 1.